The third-order valence-electron chi connectivity index (χ3n) is 4.67. The van der Waals surface area contributed by atoms with Gasteiger partial charge in [0, 0.05) is 6.07 Å². The number of carbonyl (C=O) groups is 3. The number of ketones is 1. The minimum absolute atomic E-state index is 0.177. The van der Waals surface area contributed by atoms with E-state index in [2.05, 4.69) is 5.32 Å². The Morgan fingerprint density at radius 3 is 2.42 bits per heavy atom. The summed E-state index contributed by atoms with van der Waals surface area (Å²) < 4.78 is 16.2. The van der Waals surface area contributed by atoms with E-state index in [0.29, 0.717) is 22.8 Å². The van der Waals surface area contributed by atoms with E-state index < -0.39 is 17.9 Å². The monoisotopic (exact) mass is 425 g/mol. The van der Waals surface area contributed by atoms with Crippen molar-refractivity contribution in [2.24, 2.45) is 5.92 Å². The van der Waals surface area contributed by atoms with Gasteiger partial charge in [-0.15, -0.1) is 0 Å². The van der Waals surface area contributed by atoms with Crippen LogP contribution in [0.1, 0.15) is 29.8 Å². The maximum Gasteiger partial charge on any atom is 0.326 e. The van der Waals surface area contributed by atoms with Crippen LogP contribution in [-0.2, 0) is 9.59 Å². The van der Waals surface area contributed by atoms with Gasteiger partial charge in [-0.25, -0.2) is 4.79 Å². The summed E-state index contributed by atoms with van der Waals surface area (Å²) in [6.45, 7) is 3.04. The summed E-state index contributed by atoms with van der Waals surface area (Å²) in [5, 5.41) is 11.6. The van der Waals surface area contributed by atoms with Gasteiger partial charge in [-0.05, 0) is 41.8 Å². The van der Waals surface area contributed by atoms with E-state index >= 15 is 0 Å². The van der Waals surface area contributed by atoms with Crippen molar-refractivity contribution in [2.75, 3.05) is 13.7 Å². The molecule has 0 bridgehead atoms. The summed E-state index contributed by atoms with van der Waals surface area (Å²) in [6.07, 6.45) is 1.63. The van der Waals surface area contributed by atoms with Gasteiger partial charge in [0.25, 0.3) is 5.91 Å². The van der Waals surface area contributed by atoms with Crippen molar-refractivity contribution in [1.29, 1.82) is 0 Å². The van der Waals surface area contributed by atoms with Crippen LogP contribution in [0.15, 0.2) is 48.2 Å². The number of benzene rings is 2. The summed E-state index contributed by atoms with van der Waals surface area (Å²) in [6, 6.07) is 10.8. The Morgan fingerprint density at radius 2 is 1.81 bits per heavy atom. The van der Waals surface area contributed by atoms with Gasteiger partial charge in [-0.1, -0.05) is 26.0 Å². The standard InChI is InChI=1S/C23H23NO7/c1-13(2)21(23(27)28)24-20(25)12-30-16-8-9-17-18(11-16)31-19(22(17)26)10-14-4-6-15(29-3)7-5-14/h4-11,13,21H,12H2,1-3H3,(H,24,25)(H,27,28)/t21-/m1/s1. The van der Waals surface area contributed by atoms with Crippen LogP contribution in [-0.4, -0.2) is 42.5 Å². The third-order valence-corrected chi connectivity index (χ3v) is 4.67. The Bertz CT molecular complexity index is 1020. The lowest BCUT2D eigenvalue weighted by atomic mass is 10.1. The van der Waals surface area contributed by atoms with Crippen molar-refractivity contribution in [3.05, 3.63) is 59.4 Å². The van der Waals surface area contributed by atoms with E-state index in [-0.39, 0.29) is 24.1 Å². The smallest absolute Gasteiger partial charge is 0.326 e. The molecule has 1 amide bonds. The van der Waals surface area contributed by atoms with Crippen molar-refractivity contribution in [3.8, 4) is 17.2 Å². The minimum atomic E-state index is -1.11. The van der Waals surface area contributed by atoms with Crippen LogP contribution in [0.3, 0.4) is 0 Å². The quantitative estimate of drug-likeness (QED) is 0.626. The minimum Gasteiger partial charge on any atom is -0.497 e. The highest BCUT2D eigenvalue weighted by Gasteiger charge is 2.28. The molecule has 31 heavy (non-hydrogen) atoms. The summed E-state index contributed by atoms with van der Waals surface area (Å²) in [5.41, 5.74) is 1.17. The first kappa shape index (κ1) is 21.9. The summed E-state index contributed by atoms with van der Waals surface area (Å²) in [4.78, 5) is 35.8. The number of allylic oxidation sites excluding steroid dienone is 1. The van der Waals surface area contributed by atoms with E-state index in [1.807, 2.05) is 0 Å². The Morgan fingerprint density at radius 1 is 1.13 bits per heavy atom. The average molecular weight is 425 g/mol. The number of ether oxygens (including phenoxy) is 3. The molecule has 2 N–H and O–H groups in total. The Kier molecular flexibility index (Phi) is 6.59. The predicted molar refractivity (Wildman–Crippen MR) is 112 cm³/mol. The fraction of sp³-hybridized carbons (Fsp3) is 0.261. The highest BCUT2D eigenvalue weighted by molar-refractivity contribution is 6.14. The summed E-state index contributed by atoms with van der Waals surface area (Å²) in [7, 11) is 1.58. The number of fused-ring (bicyclic) bond motifs is 1. The average Bonchev–Trinajstić information content (AvgIpc) is 3.05. The Hall–Kier alpha value is -3.81. The van der Waals surface area contributed by atoms with Gasteiger partial charge in [0.05, 0.1) is 12.7 Å². The molecule has 1 heterocycles. The number of methoxy groups -OCH3 is 1. The first-order chi connectivity index (χ1) is 14.8. The Labute approximate surface area is 179 Å². The van der Waals surface area contributed by atoms with Crippen LogP contribution >= 0.6 is 0 Å². The van der Waals surface area contributed by atoms with Crippen molar-refractivity contribution in [1.82, 2.24) is 5.32 Å². The Balaban J connectivity index is 1.65. The van der Waals surface area contributed by atoms with Crippen molar-refractivity contribution < 1.29 is 33.7 Å². The second-order valence-corrected chi connectivity index (χ2v) is 7.29. The molecule has 2 aromatic carbocycles. The van der Waals surface area contributed by atoms with Crippen LogP contribution < -0.4 is 19.5 Å². The highest BCUT2D eigenvalue weighted by atomic mass is 16.5. The fourth-order valence-electron chi connectivity index (χ4n) is 2.99. The van der Waals surface area contributed by atoms with E-state index in [1.54, 1.807) is 63.4 Å². The van der Waals surface area contributed by atoms with Crippen LogP contribution in [0.2, 0.25) is 0 Å². The number of carbonyl (C=O) groups excluding carboxylic acids is 2. The zero-order valence-electron chi connectivity index (χ0n) is 17.4. The molecule has 2 aromatic rings. The van der Waals surface area contributed by atoms with Gasteiger partial charge in [0.2, 0.25) is 5.78 Å². The van der Waals surface area contributed by atoms with E-state index in [0.717, 1.165) is 5.56 Å². The van der Waals surface area contributed by atoms with E-state index in [4.69, 9.17) is 19.3 Å². The molecule has 0 aromatic heterocycles. The van der Waals surface area contributed by atoms with Crippen molar-refractivity contribution in [2.45, 2.75) is 19.9 Å². The maximum atomic E-state index is 12.6. The lowest BCUT2D eigenvalue weighted by Crippen LogP contribution is -2.46. The molecule has 1 atom stereocenters. The SMILES string of the molecule is COc1ccc(C=C2Oc3cc(OCC(=O)N[C@@H](C(=O)O)C(C)C)ccc3C2=O)cc1. The molecule has 0 fully saturated rings. The molecule has 0 saturated carbocycles. The van der Waals surface area contributed by atoms with E-state index in [1.165, 1.54) is 6.07 Å². The fourth-order valence-corrected chi connectivity index (χ4v) is 2.99. The largest absolute Gasteiger partial charge is 0.497 e. The molecule has 0 radical (unpaired) electrons. The summed E-state index contributed by atoms with van der Waals surface area (Å²) in [5.74, 6) is -0.651. The lowest BCUT2D eigenvalue weighted by molar-refractivity contribution is -0.143. The topological polar surface area (TPSA) is 111 Å². The number of carboxylic acid groups (broad SMARTS) is 1. The molecule has 0 saturated heterocycles. The van der Waals surface area contributed by atoms with Crippen LogP contribution in [0.4, 0.5) is 0 Å². The zero-order chi connectivity index (χ0) is 22.5. The number of hydrogen-bond acceptors (Lipinski definition) is 6. The number of rotatable bonds is 8. The molecule has 8 nitrogen and oxygen atoms in total. The second kappa shape index (κ2) is 9.34. The number of amides is 1. The van der Waals surface area contributed by atoms with Gasteiger partial charge < -0.3 is 24.6 Å². The van der Waals surface area contributed by atoms with Crippen LogP contribution in [0.5, 0.6) is 17.2 Å². The molecular formula is C23H23NO7. The molecule has 3 rings (SSSR count). The van der Waals surface area contributed by atoms with Crippen LogP contribution in [0.25, 0.3) is 6.08 Å². The van der Waals surface area contributed by atoms with Crippen molar-refractivity contribution >= 4 is 23.7 Å². The second-order valence-electron chi connectivity index (χ2n) is 7.29. The van der Waals surface area contributed by atoms with Gasteiger partial charge in [0.15, 0.2) is 12.4 Å². The number of nitrogens with one attached hydrogen (secondary N) is 1. The van der Waals surface area contributed by atoms with E-state index in [9.17, 15) is 14.4 Å². The summed E-state index contributed by atoms with van der Waals surface area (Å²) >= 11 is 0. The molecule has 8 heteroatoms. The molecule has 1 aliphatic rings. The zero-order valence-corrected chi connectivity index (χ0v) is 17.4. The number of Topliss-reactive ketones (excluding diaryl/α,β-unsaturated/α-hetero) is 1. The number of hydrogen-bond donors (Lipinski definition) is 2. The van der Waals surface area contributed by atoms with Gasteiger partial charge in [-0.2, -0.15) is 0 Å². The molecule has 0 spiro atoms. The molecule has 0 aliphatic carbocycles. The molecule has 0 unspecified atom stereocenters. The van der Waals surface area contributed by atoms with Gasteiger partial charge in [-0.3, -0.25) is 9.59 Å². The third kappa shape index (κ3) is 5.22. The van der Waals surface area contributed by atoms with Gasteiger partial charge in [0.1, 0.15) is 23.3 Å². The highest BCUT2D eigenvalue weighted by Crippen LogP contribution is 2.35. The van der Waals surface area contributed by atoms with Gasteiger partial charge >= 0.3 is 5.97 Å². The normalized spacial score (nSPS) is 14.7. The van der Waals surface area contributed by atoms with Crippen molar-refractivity contribution in [3.63, 3.8) is 0 Å². The molecular weight excluding hydrogens is 402 g/mol. The predicted octanol–water partition coefficient (Wildman–Crippen LogP) is 2.92. The number of carboxylic acids is 1. The number of aliphatic carboxylic acids is 1. The first-order valence-electron chi connectivity index (χ1n) is 9.66. The molecule has 1 aliphatic heterocycles. The lowest BCUT2D eigenvalue weighted by Gasteiger charge is -2.18. The molecule has 162 valence electrons. The maximum absolute atomic E-state index is 12.6. The first-order valence-corrected chi connectivity index (χ1v) is 9.66. The van der Waals surface area contributed by atoms with Crippen LogP contribution in [0, 0.1) is 5.92 Å².